The van der Waals surface area contributed by atoms with Crippen molar-refractivity contribution in [3.05, 3.63) is 100 Å². The molecule has 4 rings (SSSR count). The zero-order valence-corrected chi connectivity index (χ0v) is 23.1. The van der Waals surface area contributed by atoms with E-state index in [4.69, 9.17) is 9.47 Å². The van der Waals surface area contributed by atoms with Crippen LogP contribution in [0.2, 0.25) is 0 Å². The van der Waals surface area contributed by atoms with Gasteiger partial charge in [-0.1, -0.05) is 58.0 Å². The van der Waals surface area contributed by atoms with E-state index in [0.717, 1.165) is 17.5 Å². The minimum atomic E-state index is -0.913. The van der Waals surface area contributed by atoms with E-state index < -0.39 is 23.7 Å². The third-order valence-corrected chi connectivity index (χ3v) is 6.97. The van der Waals surface area contributed by atoms with Gasteiger partial charge in [-0.2, -0.15) is 0 Å². The summed E-state index contributed by atoms with van der Waals surface area (Å²) >= 11 is 0. The molecule has 1 heterocycles. The molecular formula is C32H33NO6. The molecule has 3 aromatic carbocycles. The summed E-state index contributed by atoms with van der Waals surface area (Å²) in [5.74, 6) is -1.80. The molecule has 1 amide bonds. The lowest BCUT2D eigenvalue weighted by molar-refractivity contribution is -0.132. The van der Waals surface area contributed by atoms with Crippen LogP contribution in [-0.2, 0) is 26.2 Å². The van der Waals surface area contributed by atoms with E-state index in [1.807, 2.05) is 52.0 Å². The Bertz CT molecular complexity index is 1460. The topological polar surface area (TPSA) is 93.1 Å². The average Bonchev–Trinajstić information content (AvgIpc) is 3.21. The minimum absolute atomic E-state index is 0.0299. The Morgan fingerprint density at radius 3 is 2.23 bits per heavy atom. The highest BCUT2D eigenvalue weighted by Crippen LogP contribution is 2.43. The molecule has 3 aromatic rings. The number of methoxy groups -OCH3 is 2. The second-order valence-electron chi connectivity index (χ2n) is 10.5. The first kappa shape index (κ1) is 27.6. The summed E-state index contributed by atoms with van der Waals surface area (Å²) in [5, 5.41) is 11.6. The van der Waals surface area contributed by atoms with Crippen LogP contribution >= 0.6 is 0 Å². The number of ketones is 1. The number of benzene rings is 3. The largest absolute Gasteiger partial charge is 0.507 e. The molecule has 7 nitrogen and oxygen atoms in total. The molecule has 1 saturated heterocycles. The van der Waals surface area contributed by atoms with E-state index in [-0.39, 0.29) is 22.3 Å². The summed E-state index contributed by atoms with van der Waals surface area (Å²) in [6.45, 7) is 8.11. The molecule has 1 aliphatic rings. The Morgan fingerprint density at radius 1 is 0.949 bits per heavy atom. The Morgan fingerprint density at radius 2 is 1.64 bits per heavy atom. The SMILES string of the molecule is CCc1ccc(C2/C(=C(/O)c3ccc(OC)c(C(C)(C)C)c3)C(=O)C(=O)N2c2cccc(C(=O)OC)c2)cc1. The van der Waals surface area contributed by atoms with Crippen LogP contribution in [0, 0.1) is 0 Å². The van der Waals surface area contributed by atoms with Gasteiger partial charge in [0.25, 0.3) is 11.7 Å². The average molecular weight is 528 g/mol. The number of hydrogen-bond donors (Lipinski definition) is 1. The molecule has 39 heavy (non-hydrogen) atoms. The maximum Gasteiger partial charge on any atom is 0.337 e. The Labute approximate surface area is 228 Å². The number of rotatable bonds is 6. The summed E-state index contributed by atoms with van der Waals surface area (Å²) in [6.07, 6.45) is 0.822. The van der Waals surface area contributed by atoms with Gasteiger partial charge in [-0.15, -0.1) is 0 Å². The van der Waals surface area contributed by atoms with E-state index in [0.29, 0.717) is 22.6 Å². The van der Waals surface area contributed by atoms with Gasteiger partial charge in [-0.25, -0.2) is 4.79 Å². The van der Waals surface area contributed by atoms with Gasteiger partial charge < -0.3 is 14.6 Å². The second kappa shape index (κ2) is 10.8. The lowest BCUT2D eigenvalue weighted by Crippen LogP contribution is -2.29. The van der Waals surface area contributed by atoms with Gasteiger partial charge in [0, 0.05) is 16.8 Å². The van der Waals surface area contributed by atoms with Crippen LogP contribution in [0.25, 0.3) is 5.76 Å². The number of aryl methyl sites for hydroxylation is 1. The van der Waals surface area contributed by atoms with Gasteiger partial charge in [0.2, 0.25) is 0 Å². The van der Waals surface area contributed by atoms with Gasteiger partial charge >= 0.3 is 5.97 Å². The zero-order chi connectivity index (χ0) is 28.5. The smallest absolute Gasteiger partial charge is 0.337 e. The third kappa shape index (κ3) is 5.17. The first-order valence-electron chi connectivity index (χ1n) is 12.8. The van der Waals surface area contributed by atoms with E-state index >= 15 is 0 Å². The zero-order valence-electron chi connectivity index (χ0n) is 23.1. The summed E-state index contributed by atoms with van der Waals surface area (Å²) in [4.78, 5) is 40.6. The highest BCUT2D eigenvalue weighted by atomic mass is 16.5. The highest BCUT2D eigenvalue weighted by Gasteiger charge is 2.47. The monoisotopic (exact) mass is 527 g/mol. The number of hydrogen-bond acceptors (Lipinski definition) is 6. The Balaban J connectivity index is 1.96. The summed E-state index contributed by atoms with van der Waals surface area (Å²) < 4.78 is 10.4. The molecule has 0 saturated carbocycles. The number of aliphatic hydroxyl groups excluding tert-OH is 1. The van der Waals surface area contributed by atoms with Crippen LogP contribution in [-0.4, -0.2) is 37.0 Å². The predicted molar refractivity (Wildman–Crippen MR) is 150 cm³/mol. The molecule has 202 valence electrons. The number of anilines is 1. The van der Waals surface area contributed by atoms with E-state index in [9.17, 15) is 19.5 Å². The number of nitrogens with zero attached hydrogens (tertiary/aromatic N) is 1. The maximum absolute atomic E-state index is 13.6. The first-order valence-corrected chi connectivity index (χ1v) is 12.8. The van der Waals surface area contributed by atoms with Crippen molar-refractivity contribution in [3.8, 4) is 5.75 Å². The van der Waals surface area contributed by atoms with Gasteiger partial charge in [0.05, 0.1) is 31.4 Å². The number of carbonyl (C=O) groups is 3. The fourth-order valence-electron chi connectivity index (χ4n) is 4.85. The standard InChI is InChI=1S/C32H33NO6/c1-7-19-11-13-20(14-12-19)27-26(28(34)21-15-16-25(38-5)24(18-21)32(2,3)4)29(35)30(36)33(27)23-10-8-9-22(17-23)31(37)39-6/h8-18,27,34H,7H2,1-6H3/b28-26-. The molecule has 1 N–H and O–H groups in total. The molecule has 0 bridgehead atoms. The van der Waals surface area contributed by atoms with Crippen molar-refractivity contribution < 1.29 is 29.0 Å². The summed E-state index contributed by atoms with van der Waals surface area (Å²) in [7, 11) is 2.86. The normalized spacial score (nSPS) is 16.9. The minimum Gasteiger partial charge on any atom is -0.507 e. The van der Waals surface area contributed by atoms with Gasteiger partial charge in [0.1, 0.15) is 11.5 Å². The molecule has 0 radical (unpaired) electrons. The number of aliphatic hydroxyl groups is 1. The molecule has 0 aromatic heterocycles. The van der Waals surface area contributed by atoms with Gasteiger partial charge in [-0.05, 0) is 59.4 Å². The van der Waals surface area contributed by atoms with E-state index in [1.54, 1.807) is 43.5 Å². The van der Waals surface area contributed by atoms with Crippen LogP contribution in [0.1, 0.15) is 66.3 Å². The Kier molecular flexibility index (Phi) is 7.63. The molecule has 1 atom stereocenters. The van der Waals surface area contributed by atoms with Crippen molar-refractivity contribution in [2.24, 2.45) is 0 Å². The molecule has 1 unspecified atom stereocenters. The van der Waals surface area contributed by atoms with E-state index in [1.165, 1.54) is 18.1 Å². The fourth-order valence-corrected chi connectivity index (χ4v) is 4.85. The van der Waals surface area contributed by atoms with Crippen molar-refractivity contribution in [2.75, 3.05) is 19.1 Å². The number of ether oxygens (including phenoxy) is 2. The van der Waals surface area contributed by atoms with Gasteiger partial charge in [-0.3, -0.25) is 14.5 Å². The summed E-state index contributed by atoms with van der Waals surface area (Å²) in [6, 6.07) is 18.2. The van der Waals surface area contributed by atoms with Crippen LogP contribution in [0.15, 0.2) is 72.3 Å². The van der Waals surface area contributed by atoms with Crippen molar-refractivity contribution >= 4 is 29.1 Å². The lowest BCUT2D eigenvalue weighted by atomic mass is 9.84. The molecule has 7 heteroatoms. The second-order valence-corrected chi connectivity index (χ2v) is 10.5. The van der Waals surface area contributed by atoms with Crippen LogP contribution < -0.4 is 9.64 Å². The molecule has 0 spiro atoms. The molecule has 1 fully saturated rings. The molecule has 0 aliphatic carbocycles. The maximum atomic E-state index is 13.6. The number of Topliss-reactive ketones (excluding diaryl/α,β-unsaturated/α-hetero) is 1. The first-order chi connectivity index (χ1) is 18.5. The van der Waals surface area contributed by atoms with E-state index in [2.05, 4.69) is 0 Å². The predicted octanol–water partition coefficient (Wildman–Crippen LogP) is 5.97. The lowest BCUT2D eigenvalue weighted by Gasteiger charge is -2.26. The van der Waals surface area contributed by atoms with Gasteiger partial charge in [0.15, 0.2) is 0 Å². The van der Waals surface area contributed by atoms with Crippen molar-refractivity contribution in [2.45, 2.75) is 45.6 Å². The number of carbonyl (C=O) groups excluding carboxylic acids is 3. The third-order valence-electron chi connectivity index (χ3n) is 6.97. The summed E-state index contributed by atoms with van der Waals surface area (Å²) in [5.41, 5.74) is 3.23. The van der Waals surface area contributed by atoms with Crippen molar-refractivity contribution in [1.29, 1.82) is 0 Å². The molecule has 1 aliphatic heterocycles. The van der Waals surface area contributed by atoms with Crippen LogP contribution in [0.3, 0.4) is 0 Å². The number of esters is 1. The Hall–Kier alpha value is -4.39. The fraction of sp³-hybridized carbons (Fsp3) is 0.281. The quantitative estimate of drug-likeness (QED) is 0.184. The number of amides is 1. The highest BCUT2D eigenvalue weighted by molar-refractivity contribution is 6.51. The van der Waals surface area contributed by atoms with Crippen LogP contribution in [0.5, 0.6) is 5.75 Å². The van der Waals surface area contributed by atoms with Crippen molar-refractivity contribution in [1.82, 2.24) is 0 Å². The molecular weight excluding hydrogens is 494 g/mol. The van der Waals surface area contributed by atoms with Crippen LogP contribution in [0.4, 0.5) is 5.69 Å². The van der Waals surface area contributed by atoms with Crippen molar-refractivity contribution in [3.63, 3.8) is 0 Å².